The summed E-state index contributed by atoms with van der Waals surface area (Å²) in [7, 11) is 0. The molecule has 1 aromatic heterocycles. The number of benzene rings is 1. The Morgan fingerprint density at radius 2 is 1.95 bits per heavy atom. The third-order valence-electron chi connectivity index (χ3n) is 4.13. The Morgan fingerprint density at radius 1 is 1.23 bits per heavy atom. The molecule has 0 atom stereocenters. The van der Waals surface area contributed by atoms with Gasteiger partial charge in [0.15, 0.2) is 0 Å². The van der Waals surface area contributed by atoms with Gasteiger partial charge >= 0.3 is 0 Å². The van der Waals surface area contributed by atoms with Crippen LogP contribution in [0.2, 0.25) is 0 Å². The predicted octanol–water partition coefficient (Wildman–Crippen LogP) is 4.01. The van der Waals surface area contributed by atoms with E-state index in [4.69, 9.17) is 5.73 Å². The van der Waals surface area contributed by atoms with Crippen LogP contribution in [-0.4, -0.2) is 11.9 Å². The molecule has 3 nitrogen and oxygen atoms in total. The number of aryl methyl sites for hydroxylation is 2. The Kier molecular flexibility index (Phi) is 4.21. The third-order valence-corrected chi connectivity index (χ3v) is 4.94. The number of thiophene rings is 1. The van der Waals surface area contributed by atoms with Crippen molar-refractivity contribution in [3.05, 3.63) is 40.3 Å². The zero-order valence-corrected chi connectivity index (χ0v) is 13.9. The first-order valence-corrected chi connectivity index (χ1v) is 8.74. The van der Waals surface area contributed by atoms with Crippen molar-refractivity contribution in [2.45, 2.75) is 45.6 Å². The number of carbonyl (C=O) groups excluding carboxylic acids is 1. The monoisotopic (exact) mass is 314 g/mol. The normalized spacial score (nSPS) is 14.0. The summed E-state index contributed by atoms with van der Waals surface area (Å²) in [5.74, 6) is -0.0820. The van der Waals surface area contributed by atoms with E-state index < -0.39 is 0 Å². The lowest BCUT2D eigenvalue weighted by Gasteiger charge is -2.17. The molecule has 4 heteroatoms. The Morgan fingerprint density at radius 3 is 2.68 bits per heavy atom. The average molecular weight is 314 g/mol. The van der Waals surface area contributed by atoms with Crippen LogP contribution in [0.3, 0.4) is 0 Å². The smallest absolute Gasteiger partial charge is 0.255 e. The number of fused-ring (bicyclic) bond motifs is 1. The van der Waals surface area contributed by atoms with Crippen molar-refractivity contribution in [1.29, 1.82) is 0 Å². The van der Waals surface area contributed by atoms with E-state index in [1.807, 2.05) is 19.2 Å². The summed E-state index contributed by atoms with van der Waals surface area (Å²) in [6, 6.07) is 6.67. The Labute approximate surface area is 135 Å². The van der Waals surface area contributed by atoms with Gasteiger partial charge in [-0.15, -0.1) is 11.3 Å². The molecule has 1 aliphatic carbocycles. The molecule has 1 aromatic carbocycles. The van der Waals surface area contributed by atoms with Crippen LogP contribution < -0.4 is 11.1 Å². The summed E-state index contributed by atoms with van der Waals surface area (Å²) in [6.07, 6.45) is 4.83. The largest absolute Gasteiger partial charge is 0.390 e. The molecule has 1 aliphatic rings. The first-order chi connectivity index (χ1) is 10.6. The van der Waals surface area contributed by atoms with Gasteiger partial charge in [0.05, 0.1) is 10.6 Å². The van der Waals surface area contributed by atoms with E-state index in [1.165, 1.54) is 41.7 Å². The third kappa shape index (κ3) is 2.88. The van der Waals surface area contributed by atoms with E-state index >= 15 is 0 Å². The fourth-order valence-electron chi connectivity index (χ4n) is 3.05. The second-order valence-electron chi connectivity index (χ2n) is 6.21. The van der Waals surface area contributed by atoms with Crippen LogP contribution in [0.15, 0.2) is 23.6 Å². The van der Waals surface area contributed by atoms with Crippen molar-refractivity contribution in [3.8, 4) is 11.1 Å². The molecule has 0 saturated carbocycles. The summed E-state index contributed by atoms with van der Waals surface area (Å²) in [4.78, 5) is 12.4. The van der Waals surface area contributed by atoms with Gasteiger partial charge in [0, 0.05) is 17.0 Å². The van der Waals surface area contributed by atoms with Crippen molar-refractivity contribution in [1.82, 2.24) is 5.32 Å². The van der Waals surface area contributed by atoms with Crippen molar-refractivity contribution in [2.75, 3.05) is 5.73 Å². The summed E-state index contributed by atoms with van der Waals surface area (Å²) in [5.41, 5.74) is 11.6. The summed E-state index contributed by atoms with van der Waals surface area (Å²) < 4.78 is 0. The molecule has 1 amide bonds. The number of nitrogen functional groups attached to an aromatic ring is 1. The van der Waals surface area contributed by atoms with Crippen molar-refractivity contribution in [2.24, 2.45) is 0 Å². The minimum Gasteiger partial charge on any atom is -0.390 e. The van der Waals surface area contributed by atoms with Crippen molar-refractivity contribution >= 4 is 22.2 Å². The van der Waals surface area contributed by atoms with E-state index in [0.717, 1.165) is 17.5 Å². The lowest BCUT2D eigenvalue weighted by molar-refractivity contribution is 0.0945. The van der Waals surface area contributed by atoms with E-state index in [0.29, 0.717) is 10.6 Å². The first-order valence-electron chi connectivity index (χ1n) is 7.86. The van der Waals surface area contributed by atoms with Crippen molar-refractivity contribution in [3.63, 3.8) is 0 Å². The first kappa shape index (κ1) is 15.1. The molecular formula is C18H22N2OS. The summed E-state index contributed by atoms with van der Waals surface area (Å²) >= 11 is 1.44. The molecular weight excluding hydrogens is 292 g/mol. The van der Waals surface area contributed by atoms with Gasteiger partial charge in [0.1, 0.15) is 0 Å². The average Bonchev–Trinajstić information content (AvgIpc) is 2.88. The number of rotatable bonds is 3. The van der Waals surface area contributed by atoms with Gasteiger partial charge in [0.25, 0.3) is 5.91 Å². The molecule has 116 valence electrons. The van der Waals surface area contributed by atoms with Crippen LogP contribution in [0.1, 0.15) is 48.2 Å². The zero-order valence-electron chi connectivity index (χ0n) is 13.1. The van der Waals surface area contributed by atoms with Gasteiger partial charge < -0.3 is 11.1 Å². The van der Waals surface area contributed by atoms with Gasteiger partial charge in [-0.25, -0.2) is 0 Å². The molecule has 0 saturated heterocycles. The highest BCUT2D eigenvalue weighted by atomic mass is 32.1. The Bertz CT molecular complexity index is 703. The minimum absolute atomic E-state index is 0.0820. The van der Waals surface area contributed by atoms with Crippen LogP contribution >= 0.6 is 11.3 Å². The number of hydrogen-bond acceptors (Lipinski definition) is 3. The molecule has 0 unspecified atom stereocenters. The van der Waals surface area contributed by atoms with E-state index in [9.17, 15) is 4.79 Å². The van der Waals surface area contributed by atoms with Gasteiger partial charge in [-0.05, 0) is 56.2 Å². The topological polar surface area (TPSA) is 55.1 Å². The predicted molar refractivity (Wildman–Crippen MR) is 93.4 cm³/mol. The molecule has 0 bridgehead atoms. The standard InChI is InChI=1S/C18H22N2OS/c1-11(2)20-18(21)16-15(10-22-17(16)19)14-8-7-12-5-3-4-6-13(12)9-14/h7-11H,3-6,19H2,1-2H3,(H,20,21). The quantitative estimate of drug-likeness (QED) is 0.899. The second-order valence-corrected chi connectivity index (χ2v) is 7.12. The molecule has 0 fully saturated rings. The number of amides is 1. The molecule has 3 N–H and O–H groups in total. The minimum atomic E-state index is -0.0820. The molecule has 22 heavy (non-hydrogen) atoms. The van der Waals surface area contributed by atoms with E-state index in [-0.39, 0.29) is 11.9 Å². The fraction of sp³-hybridized carbons (Fsp3) is 0.389. The maximum atomic E-state index is 12.4. The maximum Gasteiger partial charge on any atom is 0.255 e. The zero-order chi connectivity index (χ0) is 15.7. The molecule has 0 radical (unpaired) electrons. The highest BCUT2D eigenvalue weighted by Crippen LogP contribution is 2.35. The number of carbonyl (C=O) groups is 1. The van der Waals surface area contributed by atoms with Crippen LogP contribution in [0.5, 0.6) is 0 Å². The van der Waals surface area contributed by atoms with Crippen LogP contribution in [0, 0.1) is 0 Å². The SMILES string of the molecule is CC(C)NC(=O)c1c(-c2ccc3c(c2)CCCC3)csc1N. The summed E-state index contributed by atoms with van der Waals surface area (Å²) in [6.45, 7) is 3.91. The van der Waals surface area contributed by atoms with E-state index in [1.54, 1.807) is 0 Å². The van der Waals surface area contributed by atoms with Gasteiger partial charge in [0.2, 0.25) is 0 Å². The molecule has 2 aromatic rings. The molecule has 0 spiro atoms. The Balaban J connectivity index is 2.00. The number of anilines is 1. The van der Waals surface area contributed by atoms with E-state index in [2.05, 4.69) is 23.5 Å². The lowest BCUT2D eigenvalue weighted by atomic mass is 9.89. The van der Waals surface area contributed by atoms with Gasteiger partial charge in [-0.2, -0.15) is 0 Å². The fourth-order valence-corrected chi connectivity index (χ4v) is 3.87. The maximum absolute atomic E-state index is 12.4. The molecule has 1 heterocycles. The highest BCUT2D eigenvalue weighted by molar-refractivity contribution is 7.15. The summed E-state index contributed by atoms with van der Waals surface area (Å²) in [5, 5.41) is 5.53. The second kappa shape index (κ2) is 6.13. The number of hydrogen-bond donors (Lipinski definition) is 2. The van der Waals surface area contributed by atoms with Gasteiger partial charge in [-0.3, -0.25) is 4.79 Å². The van der Waals surface area contributed by atoms with Crippen LogP contribution in [0.4, 0.5) is 5.00 Å². The van der Waals surface area contributed by atoms with Crippen LogP contribution in [0.25, 0.3) is 11.1 Å². The van der Waals surface area contributed by atoms with Crippen molar-refractivity contribution < 1.29 is 4.79 Å². The number of nitrogens with one attached hydrogen (secondary N) is 1. The molecule has 3 rings (SSSR count). The Hall–Kier alpha value is -1.81. The van der Waals surface area contributed by atoms with Gasteiger partial charge in [-0.1, -0.05) is 18.2 Å². The number of nitrogens with two attached hydrogens (primary N) is 1. The highest BCUT2D eigenvalue weighted by Gasteiger charge is 2.20. The van der Waals surface area contributed by atoms with Crippen LogP contribution in [-0.2, 0) is 12.8 Å². The lowest BCUT2D eigenvalue weighted by Crippen LogP contribution is -2.30. The molecule has 0 aliphatic heterocycles.